The first-order chi connectivity index (χ1) is 13.6. The molecule has 142 valence electrons. The van der Waals surface area contributed by atoms with Gasteiger partial charge in [0.25, 0.3) is 5.91 Å². The Balaban J connectivity index is 1.45. The van der Waals surface area contributed by atoms with Crippen LogP contribution in [0, 0.1) is 0 Å². The van der Waals surface area contributed by atoms with E-state index in [4.69, 9.17) is 4.74 Å². The molecule has 1 aromatic heterocycles. The second kappa shape index (κ2) is 9.27. The van der Waals surface area contributed by atoms with Crippen LogP contribution in [-0.4, -0.2) is 29.1 Å². The number of hydrogen-bond acceptors (Lipinski definition) is 5. The molecule has 3 rings (SSSR count). The van der Waals surface area contributed by atoms with Crippen molar-refractivity contribution in [2.75, 3.05) is 11.9 Å². The second-order valence-electron chi connectivity index (χ2n) is 6.15. The molecule has 7 heteroatoms. The van der Waals surface area contributed by atoms with Gasteiger partial charge >= 0.3 is 0 Å². The lowest BCUT2D eigenvalue weighted by atomic mass is 10.1. The maximum atomic E-state index is 11.9. The lowest BCUT2D eigenvalue weighted by Crippen LogP contribution is -2.26. The number of amides is 2. The van der Waals surface area contributed by atoms with Crippen LogP contribution in [-0.2, 0) is 9.59 Å². The Morgan fingerprint density at radius 2 is 1.86 bits per heavy atom. The molecule has 2 amide bonds. The summed E-state index contributed by atoms with van der Waals surface area (Å²) in [6.07, 6.45) is 3.23. The number of pyridine rings is 1. The number of carbonyl (C=O) groups is 2. The van der Waals surface area contributed by atoms with E-state index in [1.54, 1.807) is 31.5 Å². The van der Waals surface area contributed by atoms with Gasteiger partial charge in [-0.25, -0.2) is 5.43 Å². The van der Waals surface area contributed by atoms with Gasteiger partial charge in [-0.3, -0.25) is 14.6 Å². The molecule has 0 fully saturated rings. The van der Waals surface area contributed by atoms with Crippen molar-refractivity contribution < 1.29 is 14.3 Å². The zero-order valence-electron chi connectivity index (χ0n) is 15.4. The maximum Gasteiger partial charge on any atom is 0.277 e. The fraction of sp³-hybridized carbons (Fsp3) is 0.143. The minimum Gasteiger partial charge on any atom is -0.484 e. The first kappa shape index (κ1) is 19.0. The molecule has 0 bridgehead atoms. The molecular formula is C21H20N4O3. The zero-order valence-corrected chi connectivity index (χ0v) is 15.4. The molecular weight excluding hydrogens is 356 g/mol. The average Bonchev–Trinajstić information content (AvgIpc) is 2.71. The van der Waals surface area contributed by atoms with Crippen molar-refractivity contribution in [2.45, 2.75) is 13.3 Å². The van der Waals surface area contributed by atoms with Crippen LogP contribution < -0.4 is 15.5 Å². The summed E-state index contributed by atoms with van der Waals surface area (Å²) < 4.78 is 5.50. The highest BCUT2D eigenvalue weighted by atomic mass is 16.5. The molecule has 0 spiro atoms. The summed E-state index contributed by atoms with van der Waals surface area (Å²) >= 11 is 0. The number of aromatic nitrogens is 1. The van der Waals surface area contributed by atoms with Crippen LogP contribution in [0.25, 0.3) is 10.8 Å². The summed E-state index contributed by atoms with van der Waals surface area (Å²) in [5.74, 6) is -0.0403. The molecule has 0 atom stereocenters. The van der Waals surface area contributed by atoms with Crippen molar-refractivity contribution in [1.29, 1.82) is 0 Å². The van der Waals surface area contributed by atoms with Gasteiger partial charge in [0.2, 0.25) is 5.91 Å². The SMILES string of the molecule is C/C(CC(=O)Nc1cccnc1)=N\NC(=O)COc1ccc2ccccc2c1. The molecule has 0 radical (unpaired) electrons. The highest BCUT2D eigenvalue weighted by Crippen LogP contribution is 2.20. The number of nitrogens with one attached hydrogen (secondary N) is 2. The van der Waals surface area contributed by atoms with E-state index in [9.17, 15) is 9.59 Å². The van der Waals surface area contributed by atoms with Crippen molar-refractivity contribution in [2.24, 2.45) is 5.10 Å². The van der Waals surface area contributed by atoms with Crippen molar-refractivity contribution >= 4 is 34.0 Å². The van der Waals surface area contributed by atoms with E-state index in [1.807, 2.05) is 42.5 Å². The Morgan fingerprint density at radius 3 is 2.64 bits per heavy atom. The fourth-order valence-corrected chi connectivity index (χ4v) is 2.51. The minimum atomic E-state index is -0.403. The Kier molecular flexibility index (Phi) is 6.30. The van der Waals surface area contributed by atoms with Gasteiger partial charge in [-0.15, -0.1) is 0 Å². The summed E-state index contributed by atoms with van der Waals surface area (Å²) in [7, 11) is 0. The van der Waals surface area contributed by atoms with Crippen molar-refractivity contribution in [1.82, 2.24) is 10.4 Å². The van der Waals surface area contributed by atoms with E-state index in [0.717, 1.165) is 10.8 Å². The molecule has 0 aliphatic carbocycles. The molecule has 0 aliphatic heterocycles. The van der Waals surface area contributed by atoms with Gasteiger partial charge in [-0.2, -0.15) is 5.10 Å². The first-order valence-electron chi connectivity index (χ1n) is 8.73. The molecule has 0 saturated carbocycles. The predicted molar refractivity (Wildman–Crippen MR) is 108 cm³/mol. The molecule has 3 aromatic rings. The van der Waals surface area contributed by atoms with Gasteiger partial charge in [0, 0.05) is 11.9 Å². The van der Waals surface area contributed by atoms with E-state index >= 15 is 0 Å². The molecule has 0 unspecified atom stereocenters. The molecule has 0 saturated heterocycles. The van der Waals surface area contributed by atoms with Gasteiger partial charge in [-0.05, 0) is 42.0 Å². The molecule has 0 aliphatic rings. The van der Waals surface area contributed by atoms with E-state index in [-0.39, 0.29) is 18.9 Å². The van der Waals surface area contributed by atoms with E-state index in [2.05, 4.69) is 20.8 Å². The Bertz CT molecular complexity index is 1000. The molecule has 2 N–H and O–H groups in total. The first-order valence-corrected chi connectivity index (χ1v) is 8.73. The van der Waals surface area contributed by atoms with Crippen LogP contribution in [0.2, 0.25) is 0 Å². The van der Waals surface area contributed by atoms with Crippen LogP contribution in [0.15, 0.2) is 72.1 Å². The maximum absolute atomic E-state index is 11.9. The van der Waals surface area contributed by atoms with Crippen molar-refractivity contribution in [3.63, 3.8) is 0 Å². The highest BCUT2D eigenvalue weighted by molar-refractivity contribution is 6.05. The lowest BCUT2D eigenvalue weighted by Gasteiger charge is -2.07. The van der Waals surface area contributed by atoms with Gasteiger partial charge in [0.05, 0.1) is 18.3 Å². The normalized spacial score (nSPS) is 11.1. The zero-order chi connectivity index (χ0) is 19.8. The Morgan fingerprint density at radius 1 is 1.04 bits per heavy atom. The number of rotatable bonds is 7. The van der Waals surface area contributed by atoms with Crippen LogP contribution in [0.3, 0.4) is 0 Å². The second-order valence-corrected chi connectivity index (χ2v) is 6.15. The van der Waals surface area contributed by atoms with Gasteiger partial charge in [0.1, 0.15) is 5.75 Å². The molecule has 28 heavy (non-hydrogen) atoms. The largest absolute Gasteiger partial charge is 0.484 e. The van der Waals surface area contributed by atoms with E-state index < -0.39 is 5.91 Å². The number of hydrogen-bond donors (Lipinski definition) is 2. The van der Waals surface area contributed by atoms with Crippen LogP contribution in [0.1, 0.15) is 13.3 Å². The molecule has 1 heterocycles. The number of benzene rings is 2. The molecule has 2 aromatic carbocycles. The smallest absolute Gasteiger partial charge is 0.277 e. The summed E-state index contributed by atoms with van der Waals surface area (Å²) in [6, 6.07) is 17.0. The van der Waals surface area contributed by atoms with Crippen LogP contribution >= 0.6 is 0 Å². The lowest BCUT2D eigenvalue weighted by molar-refractivity contribution is -0.123. The third kappa shape index (κ3) is 5.63. The standard InChI is InChI=1S/C21H20N4O3/c1-15(11-20(26)23-18-7-4-10-22-13-18)24-25-21(27)14-28-19-9-8-16-5-2-3-6-17(16)12-19/h2-10,12-13H,11,14H2,1H3,(H,23,26)(H,25,27)/b24-15+. The van der Waals surface area contributed by atoms with Gasteiger partial charge in [0.15, 0.2) is 6.61 Å². The molecule has 7 nitrogen and oxygen atoms in total. The van der Waals surface area contributed by atoms with Gasteiger partial charge in [-0.1, -0.05) is 30.3 Å². The quantitative estimate of drug-likeness (QED) is 0.489. The predicted octanol–water partition coefficient (Wildman–Crippen LogP) is 3.13. The number of carbonyl (C=O) groups excluding carboxylic acids is 2. The summed E-state index contributed by atoms with van der Waals surface area (Å²) in [5.41, 5.74) is 3.47. The monoisotopic (exact) mass is 376 g/mol. The highest BCUT2D eigenvalue weighted by Gasteiger charge is 2.06. The number of hydrazone groups is 1. The van der Waals surface area contributed by atoms with Crippen LogP contribution in [0.4, 0.5) is 5.69 Å². The van der Waals surface area contributed by atoms with E-state index in [0.29, 0.717) is 17.1 Å². The average molecular weight is 376 g/mol. The topological polar surface area (TPSA) is 92.7 Å². The van der Waals surface area contributed by atoms with E-state index in [1.165, 1.54) is 0 Å². The number of nitrogens with zero attached hydrogens (tertiary/aromatic N) is 2. The number of anilines is 1. The number of ether oxygens (including phenoxy) is 1. The Labute approximate surface area is 162 Å². The van der Waals surface area contributed by atoms with Crippen LogP contribution in [0.5, 0.6) is 5.75 Å². The third-order valence-corrected chi connectivity index (χ3v) is 3.82. The summed E-state index contributed by atoms with van der Waals surface area (Å²) in [6.45, 7) is 1.49. The number of fused-ring (bicyclic) bond motifs is 1. The third-order valence-electron chi connectivity index (χ3n) is 3.82. The van der Waals surface area contributed by atoms with Gasteiger partial charge < -0.3 is 10.1 Å². The fourth-order valence-electron chi connectivity index (χ4n) is 2.51. The van der Waals surface area contributed by atoms with Crippen molar-refractivity contribution in [3.8, 4) is 5.75 Å². The van der Waals surface area contributed by atoms with Crippen molar-refractivity contribution in [3.05, 3.63) is 67.0 Å². The minimum absolute atomic E-state index is 0.0563. The summed E-state index contributed by atoms with van der Waals surface area (Å²) in [5, 5.41) is 8.77. The Hall–Kier alpha value is -3.74. The summed E-state index contributed by atoms with van der Waals surface area (Å²) in [4.78, 5) is 27.8.